The van der Waals surface area contributed by atoms with Crippen LogP contribution in [0.1, 0.15) is 24.5 Å². The lowest BCUT2D eigenvalue weighted by atomic mass is 10.2. The number of carbonyl (C=O) groups excluding carboxylic acids is 1. The van der Waals surface area contributed by atoms with Gasteiger partial charge in [-0.25, -0.2) is 14.6 Å². The molecule has 1 aliphatic heterocycles. The number of urea groups is 1. The number of aromatic amines is 1. The number of amides is 2. The van der Waals surface area contributed by atoms with E-state index in [1.807, 2.05) is 0 Å². The Morgan fingerprint density at radius 2 is 2.32 bits per heavy atom. The highest BCUT2D eigenvalue weighted by Crippen LogP contribution is 2.19. The number of carboxylic acids is 1. The summed E-state index contributed by atoms with van der Waals surface area (Å²) in [7, 11) is 1.62. The monoisotopic (exact) mass is 267 g/mol. The third-order valence-electron chi connectivity index (χ3n) is 3.13. The highest BCUT2D eigenvalue weighted by molar-refractivity contribution is 5.83. The van der Waals surface area contributed by atoms with Crippen molar-refractivity contribution in [1.29, 1.82) is 0 Å². The minimum absolute atomic E-state index is 0.256. The molecule has 2 rings (SSSR count). The average Bonchev–Trinajstić information content (AvgIpc) is 2.97. The number of nitrogens with zero attached hydrogens (tertiary/aromatic N) is 4. The van der Waals surface area contributed by atoms with E-state index in [0.717, 1.165) is 6.42 Å². The number of carbonyl (C=O) groups is 2. The predicted octanol–water partition coefficient (Wildman–Crippen LogP) is 0.214. The molecule has 1 aromatic heterocycles. The molecule has 1 atom stereocenters. The lowest BCUT2D eigenvalue weighted by Crippen LogP contribution is -2.46. The van der Waals surface area contributed by atoms with E-state index < -0.39 is 12.0 Å². The van der Waals surface area contributed by atoms with Crippen LogP contribution >= 0.6 is 0 Å². The molecule has 0 spiro atoms. The van der Waals surface area contributed by atoms with Crippen LogP contribution in [0.25, 0.3) is 0 Å². The van der Waals surface area contributed by atoms with Gasteiger partial charge < -0.3 is 14.9 Å². The smallest absolute Gasteiger partial charge is 0.326 e. The zero-order chi connectivity index (χ0) is 14.0. The standard InChI is InChI=1S/C11H17N5O3/c1-7-12-9(14-13-7)6-15(2)11(19)16-5-3-4-8(16)10(17)18/h8H,3-6H2,1-2H3,(H,17,18)(H,12,13,14)/t8-/m0/s1. The van der Waals surface area contributed by atoms with Crippen LogP contribution in [-0.2, 0) is 11.3 Å². The SMILES string of the molecule is Cc1nc(CN(C)C(=O)N2CCC[C@H]2C(=O)O)n[nH]1. The number of aromatic nitrogens is 3. The molecule has 0 radical (unpaired) electrons. The summed E-state index contributed by atoms with van der Waals surface area (Å²) in [5, 5.41) is 15.7. The molecule has 8 nitrogen and oxygen atoms in total. The van der Waals surface area contributed by atoms with Crippen LogP contribution in [0.3, 0.4) is 0 Å². The van der Waals surface area contributed by atoms with E-state index in [1.165, 1.54) is 9.80 Å². The van der Waals surface area contributed by atoms with Crippen LogP contribution in [0.4, 0.5) is 4.79 Å². The van der Waals surface area contributed by atoms with Crippen LogP contribution < -0.4 is 0 Å². The molecule has 19 heavy (non-hydrogen) atoms. The number of hydrogen-bond acceptors (Lipinski definition) is 4. The lowest BCUT2D eigenvalue weighted by molar-refractivity contribution is -0.141. The van der Waals surface area contributed by atoms with Gasteiger partial charge in [-0.2, -0.15) is 5.10 Å². The number of nitrogens with one attached hydrogen (secondary N) is 1. The molecule has 0 unspecified atom stereocenters. The highest BCUT2D eigenvalue weighted by Gasteiger charge is 2.35. The van der Waals surface area contributed by atoms with Gasteiger partial charge >= 0.3 is 12.0 Å². The van der Waals surface area contributed by atoms with E-state index in [-0.39, 0.29) is 12.6 Å². The van der Waals surface area contributed by atoms with Gasteiger partial charge in [-0.3, -0.25) is 5.10 Å². The summed E-state index contributed by atoms with van der Waals surface area (Å²) < 4.78 is 0. The zero-order valence-electron chi connectivity index (χ0n) is 11.0. The molecular weight excluding hydrogens is 250 g/mol. The predicted molar refractivity (Wildman–Crippen MR) is 65.3 cm³/mol. The second-order valence-electron chi connectivity index (χ2n) is 4.67. The molecule has 1 aliphatic rings. The Morgan fingerprint density at radius 3 is 2.89 bits per heavy atom. The van der Waals surface area contributed by atoms with Crippen molar-refractivity contribution in [3.8, 4) is 0 Å². The number of carboxylic acid groups (broad SMARTS) is 1. The van der Waals surface area contributed by atoms with Crippen LogP contribution in [0.2, 0.25) is 0 Å². The molecule has 104 valence electrons. The molecule has 8 heteroatoms. The third-order valence-corrected chi connectivity index (χ3v) is 3.13. The van der Waals surface area contributed by atoms with Gasteiger partial charge in [-0.15, -0.1) is 0 Å². The number of rotatable bonds is 3. The van der Waals surface area contributed by atoms with Gasteiger partial charge in [0.15, 0.2) is 5.82 Å². The molecule has 2 heterocycles. The first-order valence-corrected chi connectivity index (χ1v) is 6.11. The number of hydrogen-bond donors (Lipinski definition) is 2. The van der Waals surface area contributed by atoms with Crippen molar-refractivity contribution in [1.82, 2.24) is 25.0 Å². The Kier molecular flexibility index (Phi) is 3.68. The van der Waals surface area contributed by atoms with E-state index in [0.29, 0.717) is 24.6 Å². The van der Waals surface area contributed by atoms with Crippen molar-refractivity contribution < 1.29 is 14.7 Å². The first-order valence-electron chi connectivity index (χ1n) is 6.11. The summed E-state index contributed by atoms with van der Waals surface area (Å²) in [5.74, 6) is 0.243. The summed E-state index contributed by atoms with van der Waals surface area (Å²) in [4.78, 5) is 30.2. The molecule has 0 aliphatic carbocycles. The summed E-state index contributed by atoms with van der Waals surface area (Å²) in [6, 6.07) is -1.02. The Labute approximate surface area is 110 Å². The van der Waals surface area contributed by atoms with E-state index in [2.05, 4.69) is 15.2 Å². The Morgan fingerprint density at radius 1 is 1.58 bits per heavy atom. The van der Waals surface area contributed by atoms with Crippen molar-refractivity contribution in [2.45, 2.75) is 32.4 Å². The topological polar surface area (TPSA) is 102 Å². The fourth-order valence-corrected chi connectivity index (χ4v) is 2.21. The molecule has 2 amide bonds. The normalized spacial score (nSPS) is 18.6. The summed E-state index contributed by atoms with van der Waals surface area (Å²) in [5.41, 5.74) is 0. The van der Waals surface area contributed by atoms with Gasteiger partial charge in [0, 0.05) is 13.6 Å². The molecule has 2 N–H and O–H groups in total. The van der Waals surface area contributed by atoms with Gasteiger partial charge in [0.25, 0.3) is 0 Å². The molecule has 0 saturated carbocycles. The fraction of sp³-hybridized carbons (Fsp3) is 0.636. The maximum atomic E-state index is 12.2. The number of H-pyrrole nitrogens is 1. The number of aryl methyl sites for hydroxylation is 1. The summed E-state index contributed by atoms with van der Waals surface area (Å²) in [6.45, 7) is 2.51. The molecule has 1 aromatic rings. The Hall–Kier alpha value is -2.12. The lowest BCUT2D eigenvalue weighted by Gasteiger charge is -2.26. The van der Waals surface area contributed by atoms with Crippen molar-refractivity contribution in [3.63, 3.8) is 0 Å². The number of likely N-dealkylation sites (tertiary alicyclic amines) is 1. The van der Waals surface area contributed by atoms with Gasteiger partial charge in [-0.05, 0) is 19.8 Å². The second kappa shape index (κ2) is 5.25. The molecule has 0 bridgehead atoms. The maximum absolute atomic E-state index is 12.2. The third kappa shape index (κ3) is 2.83. The van der Waals surface area contributed by atoms with Crippen molar-refractivity contribution in [2.24, 2.45) is 0 Å². The van der Waals surface area contributed by atoms with Crippen LogP contribution in [-0.4, -0.2) is 61.7 Å². The van der Waals surface area contributed by atoms with E-state index in [9.17, 15) is 9.59 Å². The first-order chi connectivity index (χ1) is 8.99. The largest absolute Gasteiger partial charge is 0.480 e. The minimum atomic E-state index is -0.951. The van der Waals surface area contributed by atoms with Crippen molar-refractivity contribution in [2.75, 3.05) is 13.6 Å². The quantitative estimate of drug-likeness (QED) is 0.815. The van der Waals surface area contributed by atoms with Crippen molar-refractivity contribution in [3.05, 3.63) is 11.6 Å². The van der Waals surface area contributed by atoms with Gasteiger partial charge in [0.05, 0.1) is 6.54 Å². The highest BCUT2D eigenvalue weighted by atomic mass is 16.4. The Balaban J connectivity index is 2.00. The molecule has 1 saturated heterocycles. The van der Waals surface area contributed by atoms with Gasteiger partial charge in [0.2, 0.25) is 0 Å². The number of aliphatic carboxylic acids is 1. The molecule has 1 fully saturated rings. The van der Waals surface area contributed by atoms with E-state index >= 15 is 0 Å². The van der Waals surface area contributed by atoms with Crippen LogP contribution in [0.15, 0.2) is 0 Å². The average molecular weight is 267 g/mol. The maximum Gasteiger partial charge on any atom is 0.326 e. The van der Waals surface area contributed by atoms with E-state index in [4.69, 9.17) is 5.11 Å². The molecule has 0 aromatic carbocycles. The second-order valence-corrected chi connectivity index (χ2v) is 4.67. The summed E-state index contributed by atoms with van der Waals surface area (Å²) >= 11 is 0. The zero-order valence-corrected chi connectivity index (χ0v) is 11.0. The Bertz CT molecular complexity index is 486. The van der Waals surface area contributed by atoms with Gasteiger partial charge in [-0.1, -0.05) is 0 Å². The first kappa shape index (κ1) is 13.3. The van der Waals surface area contributed by atoms with Crippen molar-refractivity contribution >= 4 is 12.0 Å². The minimum Gasteiger partial charge on any atom is -0.480 e. The fourth-order valence-electron chi connectivity index (χ4n) is 2.21. The molecular formula is C11H17N5O3. The van der Waals surface area contributed by atoms with Gasteiger partial charge in [0.1, 0.15) is 11.9 Å². The van der Waals surface area contributed by atoms with Crippen LogP contribution in [0.5, 0.6) is 0 Å². The van der Waals surface area contributed by atoms with E-state index in [1.54, 1.807) is 14.0 Å². The van der Waals surface area contributed by atoms with Crippen LogP contribution in [0, 0.1) is 6.92 Å². The summed E-state index contributed by atoms with van der Waals surface area (Å²) in [6.07, 6.45) is 1.23.